The molecule has 2 nitrogen and oxygen atoms in total. The lowest BCUT2D eigenvalue weighted by molar-refractivity contribution is -0.139. The average molecular weight is 220 g/mol. The second-order valence-corrected chi connectivity index (χ2v) is 4.35. The van der Waals surface area contributed by atoms with E-state index in [1.165, 1.54) is 0 Å². The molecule has 0 atom stereocenters. The van der Waals surface area contributed by atoms with Crippen molar-refractivity contribution in [1.29, 1.82) is 0 Å². The Morgan fingerprint density at radius 2 is 2.20 bits per heavy atom. The topological polar surface area (TPSA) is 26.3 Å². The van der Waals surface area contributed by atoms with Crippen LogP contribution in [0.4, 0.5) is 0 Å². The summed E-state index contributed by atoms with van der Waals surface area (Å²) >= 11 is 0. The molecule has 15 heavy (non-hydrogen) atoms. The molecule has 0 amide bonds. The zero-order chi connectivity index (χ0) is 11.5. The third-order valence-corrected chi connectivity index (χ3v) is 2.91. The van der Waals surface area contributed by atoms with E-state index in [-0.39, 0.29) is 5.97 Å². The zero-order valence-corrected chi connectivity index (χ0v) is 11.4. The maximum Gasteiger partial charge on any atom is 0.302 e. The van der Waals surface area contributed by atoms with Crippen LogP contribution in [0.1, 0.15) is 25.0 Å². The summed E-state index contributed by atoms with van der Waals surface area (Å²) < 4.78 is 4.92. The van der Waals surface area contributed by atoms with Gasteiger partial charge in [-0.1, -0.05) is 36.9 Å². The molecule has 0 spiro atoms. The lowest BCUT2D eigenvalue weighted by Crippen LogP contribution is -2.30. The molecule has 0 unspecified atom stereocenters. The predicted octanol–water partition coefficient (Wildman–Crippen LogP) is 1.43. The molecule has 3 heteroatoms. The van der Waals surface area contributed by atoms with E-state index in [0.717, 1.165) is 11.1 Å². The molecule has 0 fully saturated rings. The van der Waals surface area contributed by atoms with Crippen molar-refractivity contribution in [3.05, 3.63) is 42.0 Å². The van der Waals surface area contributed by atoms with Crippen molar-refractivity contribution in [1.82, 2.24) is 0 Å². The molecule has 0 heterocycles. The van der Waals surface area contributed by atoms with Gasteiger partial charge in [-0.2, -0.15) is 0 Å². The van der Waals surface area contributed by atoms with Gasteiger partial charge in [-0.3, -0.25) is 4.79 Å². The average Bonchev–Trinajstić information content (AvgIpc) is 2.27. The molecule has 0 aromatic heterocycles. The van der Waals surface area contributed by atoms with E-state index in [1.807, 2.05) is 38.1 Å². The van der Waals surface area contributed by atoms with Crippen LogP contribution < -0.4 is 0 Å². The summed E-state index contributed by atoms with van der Waals surface area (Å²) in [6.45, 7) is 7.45. The number of hydrogen-bond acceptors (Lipinski definition) is 2. The first-order chi connectivity index (χ1) is 7.02. The van der Waals surface area contributed by atoms with E-state index in [1.54, 1.807) is 6.08 Å². The molecule has 1 aromatic rings. The number of benzene rings is 1. The molecule has 0 aliphatic carbocycles. The van der Waals surface area contributed by atoms with Gasteiger partial charge < -0.3 is 4.43 Å². The Labute approximate surface area is 93.5 Å². The molecule has 0 saturated carbocycles. The summed E-state index contributed by atoms with van der Waals surface area (Å²) in [5, 5.41) is 0. The van der Waals surface area contributed by atoms with Gasteiger partial charge in [0.1, 0.15) is 0 Å². The van der Waals surface area contributed by atoms with Gasteiger partial charge in [0.25, 0.3) is 0 Å². The third kappa shape index (κ3) is 2.36. The first kappa shape index (κ1) is 11.7. The third-order valence-electron chi connectivity index (χ3n) is 2.54. The number of rotatable bonds is 3. The highest BCUT2D eigenvalue weighted by atomic mass is 28.2. The minimum Gasteiger partial charge on any atom is -0.528 e. The summed E-state index contributed by atoms with van der Waals surface area (Å²) in [5.74, 6) is -0.171. The second-order valence-electron chi connectivity index (χ2n) is 3.95. The van der Waals surface area contributed by atoms with Gasteiger partial charge >= 0.3 is 5.97 Å². The van der Waals surface area contributed by atoms with Crippen LogP contribution in [0.15, 0.2) is 30.8 Å². The van der Waals surface area contributed by atoms with Crippen LogP contribution in [0.2, 0.25) is 0 Å². The van der Waals surface area contributed by atoms with Crippen LogP contribution in [0.3, 0.4) is 0 Å². The highest BCUT2D eigenvalue weighted by molar-refractivity contribution is 6.07. The largest absolute Gasteiger partial charge is 0.528 e. The van der Waals surface area contributed by atoms with E-state index in [9.17, 15) is 4.79 Å². The molecular weight excluding hydrogens is 204 g/mol. The Morgan fingerprint density at radius 3 is 2.73 bits per heavy atom. The van der Waals surface area contributed by atoms with Crippen LogP contribution in [-0.2, 0) is 14.6 Å². The van der Waals surface area contributed by atoms with E-state index < -0.39 is 5.41 Å². The number of carbonyl (C=O) groups is 1. The SMILES string of the molecule is C=Cc1cccc(C(C)(C)C(=O)O[SiH3])c1. The van der Waals surface area contributed by atoms with E-state index in [4.69, 9.17) is 4.43 Å². The maximum absolute atomic E-state index is 11.6. The number of hydrogen-bond donors (Lipinski definition) is 0. The highest BCUT2D eigenvalue weighted by Crippen LogP contribution is 2.25. The molecule has 0 saturated heterocycles. The van der Waals surface area contributed by atoms with Crippen molar-refractivity contribution in [2.24, 2.45) is 0 Å². The van der Waals surface area contributed by atoms with Crippen molar-refractivity contribution in [3.8, 4) is 0 Å². The lowest BCUT2D eigenvalue weighted by atomic mass is 9.84. The Kier molecular flexibility index (Phi) is 3.47. The summed E-state index contributed by atoms with van der Waals surface area (Å²) in [6.07, 6.45) is 1.77. The van der Waals surface area contributed by atoms with Gasteiger partial charge in [-0.15, -0.1) is 0 Å². The molecule has 0 radical (unpaired) electrons. The van der Waals surface area contributed by atoms with Crippen molar-refractivity contribution in [3.63, 3.8) is 0 Å². The second kappa shape index (κ2) is 4.44. The van der Waals surface area contributed by atoms with Gasteiger partial charge in [0.05, 0.1) is 5.41 Å². The normalized spacial score (nSPS) is 11.1. The fourth-order valence-electron chi connectivity index (χ4n) is 1.43. The van der Waals surface area contributed by atoms with Gasteiger partial charge in [0.2, 0.25) is 10.5 Å². The minimum absolute atomic E-state index is 0.171. The fraction of sp³-hybridized carbons (Fsp3) is 0.250. The maximum atomic E-state index is 11.6. The summed E-state index contributed by atoms with van der Waals surface area (Å²) in [6, 6.07) is 7.78. The standard InChI is InChI=1S/C12H16O2Si/c1-4-9-6-5-7-10(8-9)12(2,3)11(13)14-15/h4-8H,1H2,2-3,15H3. The molecule has 1 aromatic carbocycles. The van der Waals surface area contributed by atoms with E-state index in [0.29, 0.717) is 10.5 Å². The van der Waals surface area contributed by atoms with Crippen molar-refractivity contribution < 1.29 is 9.22 Å². The quantitative estimate of drug-likeness (QED) is 0.720. The van der Waals surface area contributed by atoms with Gasteiger partial charge in [0.15, 0.2) is 0 Å². The molecule has 0 aliphatic heterocycles. The van der Waals surface area contributed by atoms with Crippen LogP contribution in [-0.4, -0.2) is 16.5 Å². The van der Waals surface area contributed by atoms with Crippen molar-refractivity contribution in [2.75, 3.05) is 0 Å². The summed E-state index contributed by atoms with van der Waals surface area (Å²) in [5.41, 5.74) is 1.39. The van der Waals surface area contributed by atoms with Gasteiger partial charge in [-0.25, -0.2) is 0 Å². The fourth-order valence-corrected chi connectivity index (χ4v) is 1.94. The van der Waals surface area contributed by atoms with Crippen LogP contribution in [0, 0.1) is 0 Å². The Bertz CT molecular complexity index is 383. The Balaban J connectivity index is 3.14. The van der Waals surface area contributed by atoms with Crippen LogP contribution >= 0.6 is 0 Å². The van der Waals surface area contributed by atoms with Gasteiger partial charge in [0, 0.05) is 0 Å². The zero-order valence-electron chi connectivity index (χ0n) is 9.41. The van der Waals surface area contributed by atoms with E-state index >= 15 is 0 Å². The molecule has 0 bridgehead atoms. The predicted molar refractivity (Wildman–Crippen MR) is 65.6 cm³/mol. The summed E-state index contributed by atoms with van der Waals surface area (Å²) in [4.78, 5) is 11.6. The first-order valence-electron chi connectivity index (χ1n) is 4.83. The molecule has 0 N–H and O–H groups in total. The van der Waals surface area contributed by atoms with Crippen LogP contribution in [0.5, 0.6) is 0 Å². The Hall–Kier alpha value is -1.35. The highest BCUT2D eigenvalue weighted by Gasteiger charge is 2.30. The monoisotopic (exact) mass is 220 g/mol. The first-order valence-corrected chi connectivity index (χ1v) is 5.65. The number of carbonyl (C=O) groups excluding carboxylic acids is 1. The van der Waals surface area contributed by atoms with Crippen molar-refractivity contribution in [2.45, 2.75) is 19.3 Å². The molecule has 80 valence electrons. The van der Waals surface area contributed by atoms with Gasteiger partial charge in [-0.05, 0) is 25.0 Å². The molecule has 1 rings (SSSR count). The minimum atomic E-state index is -0.583. The lowest BCUT2D eigenvalue weighted by Gasteiger charge is -2.22. The molecule has 0 aliphatic rings. The van der Waals surface area contributed by atoms with Crippen LogP contribution in [0.25, 0.3) is 6.08 Å². The van der Waals surface area contributed by atoms with E-state index in [2.05, 4.69) is 6.58 Å². The van der Waals surface area contributed by atoms with Crippen molar-refractivity contribution >= 4 is 22.5 Å². The summed E-state index contributed by atoms with van der Waals surface area (Å²) in [7, 11) is 0.434. The smallest absolute Gasteiger partial charge is 0.302 e. The molecular formula is C12H16O2Si. The Morgan fingerprint density at radius 1 is 1.53 bits per heavy atom.